The molecule has 13 heteroatoms. The fourth-order valence-electron chi connectivity index (χ4n) is 3.97. The molecule has 0 bridgehead atoms. The summed E-state index contributed by atoms with van der Waals surface area (Å²) in [6, 6.07) is 8.32. The Balaban J connectivity index is 0.000000648. The second-order valence-electron chi connectivity index (χ2n) is 8.39. The van der Waals surface area contributed by atoms with E-state index in [9.17, 15) is 0 Å². The van der Waals surface area contributed by atoms with Crippen LogP contribution in [-0.4, -0.2) is 34.7 Å². The average Bonchev–Trinajstić information content (AvgIpc) is 3.56. The molecule has 4 rings (SSSR count). The molecule has 2 saturated carbocycles. The van der Waals surface area contributed by atoms with Crippen LogP contribution < -0.4 is 46.3 Å². The van der Waals surface area contributed by atoms with Crippen LogP contribution in [0.2, 0.25) is 0 Å². The number of nitrogens with zero attached hydrogens (tertiary/aromatic N) is 2. The number of rotatable bonds is 6. The molecule has 0 saturated heterocycles. The SMILES string of the molecule is S=C(N/N=C/c1ccco1)NC1CCCCC1.S=C(N/N=C/c1ccco1)NC1CCCCC1.[Cl-].[Cl-].[Cu+2]. The van der Waals surface area contributed by atoms with Crippen molar-refractivity contribution in [1.29, 1.82) is 0 Å². The number of halogens is 2. The number of thiocarbonyl (C=S) groups is 2. The fourth-order valence-corrected chi connectivity index (χ4v) is 4.41. The van der Waals surface area contributed by atoms with Crippen LogP contribution >= 0.6 is 24.4 Å². The maximum absolute atomic E-state index is 5.16. The molecule has 2 fully saturated rings. The summed E-state index contributed by atoms with van der Waals surface area (Å²) in [4.78, 5) is 0. The molecule has 0 amide bonds. The molecule has 0 aliphatic heterocycles. The Morgan fingerprint density at radius 1 is 0.703 bits per heavy atom. The van der Waals surface area contributed by atoms with E-state index in [1.807, 2.05) is 24.3 Å². The first-order chi connectivity index (χ1) is 16.7. The van der Waals surface area contributed by atoms with E-state index >= 15 is 0 Å². The Hall–Kier alpha value is -1.62. The van der Waals surface area contributed by atoms with Crippen LogP contribution in [0.15, 0.2) is 55.8 Å². The molecule has 2 aliphatic rings. The summed E-state index contributed by atoms with van der Waals surface area (Å²) in [5, 5.41) is 15.7. The molecular weight excluding hydrogens is 603 g/mol. The molecule has 209 valence electrons. The van der Waals surface area contributed by atoms with Crippen LogP contribution in [0.4, 0.5) is 0 Å². The molecular formula is C24H34Cl2CuN6O2S2. The maximum atomic E-state index is 5.16. The topological polar surface area (TPSA) is 99.1 Å². The van der Waals surface area contributed by atoms with Crippen molar-refractivity contribution >= 4 is 47.1 Å². The predicted octanol–water partition coefficient (Wildman–Crippen LogP) is -1.17. The summed E-state index contributed by atoms with van der Waals surface area (Å²) in [7, 11) is 0. The molecule has 0 atom stereocenters. The molecule has 0 aromatic carbocycles. The standard InChI is InChI=1S/2C12H17N3OS.2ClH.Cu/c2*17-12(14-10-5-2-1-3-6-10)15-13-9-11-7-4-8-16-11;;;/h2*4,7-10H,1-3,5-6H2,(H2,14,15,17);2*1H;/q;;;;+2/p-2/b2*13-9+;;;. The molecule has 2 aromatic rings. The van der Waals surface area contributed by atoms with E-state index in [1.165, 1.54) is 64.2 Å². The van der Waals surface area contributed by atoms with E-state index in [0.717, 1.165) is 0 Å². The zero-order valence-electron chi connectivity index (χ0n) is 20.4. The minimum absolute atomic E-state index is 0. The molecule has 1 radical (unpaired) electrons. The summed E-state index contributed by atoms with van der Waals surface area (Å²) in [6.07, 6.45) is 19.1. The first kappa shape index (κ1) is 35.4. The van der Waals surface area contributed by atoms with Crippen molar-refractivity contribution in [2.45, 2.75) is 76.3 Å². The number of hydrogen-bond donors (Lipinski definition) is 4. The first-order valence-corrected chi connectivity index (χ1v) is 12.8. The third kappa shape index (κ3) is 15.4. The van der Waals surface area contributed by atoms with Crippen LogP contribution in [0.5, 0.6) is 0 Å². The van der Waals surface area contributed by atoms with Gasteiger partial charge >= 0.3 is 17.1 Å². The van der Waals surface area contributed by atoms with Gasteiger partial charge in [-0.3, -0.25) is 10.9 Å². The summed E-state index contributed by atoms with van der Waals surface area (Å²) in [5.41, 5.74) is 5.60. The van der Waals surface area contributed by atoms with Crippen molar-refractivity contribution in [2.75, 3.05) is 0 Å². The zero-order chi connectivity index (χ0) is 23.8. The van der Waals surface area contributed by atoms with E-state index < -0.39 is 0 Å². The predicted molar refractivity (Wildman–Crippen MR) is 144 cm³/mol. The van der Waals surface area contributed by atoms with Crippen LogP contribution in [0.1, 0.15) is 75.7 Å². The summed E-state index contributed by atoms with van der Waals surface area (Å²) in [6.45, 7) is 0. The quantitative estimate of drug-likeness (QED) is 0.136. The molecule has 37 heavy (non-hydrogen) atoms. The molecule has 2 heterocycles. The number of hydrogen-bond acceptors (Lipinski definition) is 6. The molecule has 8 nitrogen and oxygen atoms in total. The summed E-state index contributed by atoms with van der Waals surface area (Å²) < 4.78 is 10.2. The van der Waals surface area contributed by atoms with Gasteiger partial charge in [0.25, 0.3) is 0 Å². The van der Waals surface area contributed by atoms with E-state index in [0.29, 0.717) is 33.8 Å². The van der Waals surface area contributed by atoms with E-state index in [4.69, 9.17) is 33.3 Å². The van der Waals surface area contributed by atoms with Crippen molar-refractivity contribution in [2.24, 2.45) is 10.2 Å². The van der Waals surface area contributed by atoms with Crippen molar-refractivity contribution in [3.63, 3.8) is 0 Å². The van der Waals surface area contributed by atoms with Gasteiger partial charge in [0, 0.05) is 12.1 Å². The molecule has 0 unspecified atom stereocenters. The normalized spacial score (nSPS) is 15.8. The third-order valence-corrected chi connectivity index (χ3v) is 6.10. The zero-order valence-corrected chi connectivity index (χ0v) is 24.5. The first-order valence-electron chi connectivity index (χ1n) is 11.9. The van der Waals surface area contributed by atoms with Crippen molar-refractivity contribution in [1.82, 2.24) is 21.5 Å². The molecule has 2 aromatic heterocycles. The summed E-state index contributed by atoms with van der Waals surface area (Å²) >= 11 is 10.3. The maximum Gasteiger partial charge on any atom is 2.00 e. The van der Waals surface area contributed by atoms with E-state index in [2.05, 4.69) is 31.7 Å². The van der Waals surface area contributed by atoms with Crippen LogP contribution in [0.25, 0.3) is 0 Å². The third-order valence-electron chi connectivity index (χ3n) is 5.68. The van der Waals surface area contributed by atoms with Gasteiger partial charge in [0.1, 0.15) is 11.5 Å². The van der Waals surface area contributed by atoms with Crippen LogP contribution in [0, 0.1) is 0 Å². The van der Waals surface area contributed by atoms with Crippen molar-refractivity contribution in [3.05, 3.63) is 48.3 Å². The minimum atomic E-state index is 0. The van der Waals surface area contributed by atoms with Gasteiger partial charge in [-0.15, -0.1) is 0 Å². The summed E-state index contributed by atoms with van der Waals surface area (Å²) in [5.74, 6) is 1.41. The van der Waals surface area contributed by atoms with Gasteiger partial charge in [-0.25, -0.2) is 0 Å². The van der Waals surface area contributed by atoms with Gasteiger partial charge in [-0.2, -0.15) is 10.2 Å². The number of nitrogens with one attached hydrogen (secondary N) is 4. The Morgan fingerprint density at radius 3 is 1.41 bits per heavy atom. The monoisotopic (exact) mass is 635 g/mol. The largest absolute Gasteiger partial charge is 2.00 e. The minimum Gasteiger partial charge on any atom is -1.00 e. The van der Waals surface area contributed by atoms with E-state index in [1.54, 1.807) is 25.0 Å². The second-order valence-corrected chi connectivity index (χ2v) is 9.20. The Morgan fingerprint density at radius 2 is 1.08 bits per heavy atom. The van der Waals surface area contributed by atoms with Crippen molar-refractivity contribution < 1.29 is 50.7 Å². The van der Waals surface area contributed by atoms with Gasteiger partial charge in [0.2, 0.25) is 0 Å². The Bertz CT molecular complexity index is 830. The Labute approximate surface area is 252 Å². The van der Waals surface area contributed by atoms with Crippen molar-refractivity contribution in [3.8, 4) is 0 Å². The van der Waals surface area contributed by atoms with Gasteiger partial charge < -0.3 is 44.3 Å². The number of furan rings is 2. The molecule has 0 spiro atoms. The Kier molecular flexibility index (Phi) is 20.4. The van der Waals surface area contributed by atoms with Crippen LogP contribution in [0.3, 0.4) is 0 Å². The fraction of sp³-hybridized carbons (Fsp3) is 0.500. The number of hydrazone groups is 2. The second kappa shape index (κ2) is 21.3. The van der Waals surface area contributed by atoms with Crippen LogP contribution in [-0.2, 0) is 17.1 Å². The molecule has 4 N–H and O–H groups in total. The van der Waals surface area contributed by atoms with Gasteiger partial charge in [-0.1, -0.05) is 38.5 Å². The van der Waals surface area contributed by atoms with Gasteiger partial charge in [0.05, 0.1) is 25.0 Å². The van der Waals surface area contributed by atoms with Gasteiger partial charge in [-0.05, 0) is 74.4 Å². The smallest absolute Gasteiger partial charge is 1.00 e. The molecule has 2 aliphatic carbocycles. The average molecular weight is 637 g/mol. The van der Waals surface area contributed by atoms with E-state index in [-0.39, 0.29) is 41.9 Å². The van der Waals surface area contributed by atoms with Gasteiger partial charge in [0.15, 0.2) is 10.2 Å².